The molecule has 0 aliphatic heterocycles. The Morgan fingerprint density at radius 2 is 1.84 bits per heavy atom. The van der Waals surface area contributed by atoms with Crippen LogP contribution in [0.15, 0.2) is 59.0 Å². The molecule has 2 N–H and O–H groups in total. The number of carbonyl (C=O) groups excluding carboxylic acids is 1. The lowest BCUT2D eigenvalue weighted by Gasteiger charge is -2.09. The summed E-state index contributed by atoms with van der Waals surface area (Å²) < 4.78 is 5.68. The van der Waals surface area contributed by atoms with Crippen molar-refractivity contribution in [3.05, 3.63) is 86.1 Å². The van der Waals surface area contributed by atoms with E-state index in [0.717, 1.165) is 5.56 Å². The van der Waals surface area contributed by atoms with Crippen LogP contribution in [0.1, 0.15) is 11.3 Å². The molecular formula is C21H15Cl2N3O4S. The number of nitro benzene ring substituents is 1. The zero-order valence-corrected chi connectivity index (χ0v) is 18.3. The zero-order chi connectivity index (χ0) is 22.5. The van der Waals surface area contributed by atoms with Gasteiger partial charge in [-0.05, 0) is 67.2 Å². The van der Waals surface area contributed by atoms with Crippen LogP contribution >= 0.6 is 35.4 Å². The lowest BCUT2D eigenvalue weighted by atomic mass is 10.2. The van der Waals surface area contributed by atoms with Crippen molar-refractivity contribution in [3.8, 4) is 11.3 Å². The molecular weight excluding hydrogens is 461 g/mol. The Bertz CT molecular complexity index is 1190. The Kier molecular flexibility index (Phi) is 7.06. The van der Waals surface area contributed by atoms with Gasteiger partial charge >= 0.3 is 0 Å². The van der Waals surface area contributed by atoms with Crippen LogP contribution in [-0.4, -0.2) is 15.9 Å². The molecule has 0 fully saturated rings. The number of nitro groups is 1. The van der Waals surface area contributed by atoms with Crippen molar-refractivity contribution in [2.45, 2.75) is 6.92 Å². The molecule has 0 aliphatic carbocycles. The maximum absolute atomic E-state index is 12.1. The highest BCUT2D eigenvalue weighted by Crippen LogP contribution is 2.29. The van der Waals surface area contributed by atoms with E-state index in [2.05, 4.69) is 10.6 Å². The summed E-state index contributed by atoms with van der Waals surface area (Å²) in [6.07, 6.45) is 2.69. The fraction of sp³-hybridized carbons (Fsp3) is 0.0476. The van der Waals surface area contributed by atoms with Crippen molar-refractivity contribution in [1.82, 2.24) is 5.32 Å². The first-order chi connectivity index (χ1) is 14.7. The molecule has 0 saturated heterocycles. The number of nitrogens with zero attached hydrogens (tertiary/aromatic N) is 1. The van der Waals surface area contributed by atoms with Gasteiger partial charge in [0.15, 0.2) is 5.11 Å². The Labute approximate surface area is 192 Å². The number of amides is 1. The monoisotopic (exact) mass is 475 g/mol. The third-order valence-electron chi connectivity index (χ3n) is 4.01. The van der Waals surface area contributed by atoms with E-state index in [4.69, 9.17) is 39.8 Å². The molecule has 0 bridgehead atoms. The smallest absolute Gasteiger partial charge is 0.292 e. The summed E-state index contributed by atoms with van der Waals surface area (Å²) in [5.74, 6) is 0.429. The number of benzene rings is 2. The van der Waals surface area contributed by atoms with Crippen molar-refractivity contribution in [3.63, 3.8) is 0 Å². The average Bonchev–Trinajstić information content (AvgIpc) is 3.16. The number of anilines is 1. The van der Waals surface area contributed by atoms with Gasteiger partial charge in [-0.3, -0.25) is 20.2 Å². The predicted octanol–water partition coefficient (Wildman–Crippen LogP) is 6.00. The van der Waals surface area contributed by atoms with Crippen molar-refractivity contribution >= 4 is 63.9 Å². The Hall–Kier alpha value is -3.20. The minimum atomic E-state index is -0.531. The Balaban J connectivity index is 1.63. The number of hydrogen-bond donors (Lipinski definition) is 2. The van der Waals surface area contributed by atoms with Crippen molar-refractivity contribution in [2.75, 3.05) is 5.32 Å². The number of hydrogen-bond acceptors (Lipinski definition) is 5. The van der Waals surface area contributed by atoms with E-state index in [-0.39, 0.29) is 16.5 Å². The molecule has 0 aliphatic rings. The molecule has 3 rings (SSSR count). The van der Waals surface area contributed by atoms with Crippen LogP contribution in [0.4, 0.5) is 11.4 Å². The maximum Gasteiger partial charge on any atom is 0.292 e. The maximum atomic E-state index is 12.1. The lowest BCUT2D eigenvalue weighted by molar-refractivity contribution is -0.383. The van der Waals surface area contributed by atoms with Crippen molar-refractivity contribution in [2.24, 2.45) is 0 Å². The molecule has 0 spiro atoms. The molecule has 0 unspecified atom stereocenters. The third kappa shape index (κ3) is 6.14. The normalized spacial score (nSPS) is 10.8. The highest BCUT2D eigenvalue weighted by atomic mass is 35.5. The topological polar surface area (TPSA) is 97.4 Å². The summed E-state index contributed by atoms with van der Waals surface area (Å²) in [4.78, 5) is 22.8. The number of halogens is 2. The average molecular weight is 476 g/mol. The first-order valence-corrected chi connectivity index (χ1v) is 9.99. The van der Waals surface area contributed by atoms with Gasteiger partial charge in [0.1, 0.15) is 17.2 Å². The predicted molar refractivity (Wildman–Crippen MR) is 125 cm³/mol. The van der Waals surface area contributed by atoms with Gasteiger partial charge in [0.05, 0.1) is 4.92 Å². The minimum absolute atomic E-state index is 0.0738. The zero-order valence-electron chi connectivity index (χ0n) is 16.0. The Morgan fingerprint density at radius 3 is 2.52 bits per heavy atom. The van der Waals surface area contributed by atoms with Gasteiger partial charge in [0, 0.05) is 27.8 Å². The van der Waals surface area contributed by atoms with Gasteiger partial charge in [0.25, 0.3) is 5.69 Å². The van der Waals surface area contributed by atoms with Crippen LogP contribution in [0.2, 0.25) is 10.0 Å². The Morgan fingerprint density at radius 1 is 1.13 bits per heavy atom. The minimum Gasteiger partial charge on any atom is -0.457 e. The first kappa shape index (κ1) is 22.5. The molecule has 10 heteroatoms. The summed E-state index contributed by atoms with van der Waals surface area (Å²) in [5.41, 5.74) is 1.47. The second-order valence-electron chi connectivity index (χ2n) is 6.41. The number of furan rings is 1. The van der Waals surface area contributed by atoms with Gasteiger partial charge in [-0.2, -0.15) is 0 Å². The summed E-state index contributed by atoms with van der Waals surface area (Å²) in [6.45, 7) is 1.74. The standard InChI is InChI=1S/C21H15Cl2N3O4S/c1-12-2-5-17(18(8-12)26(28)29)24-21(31)25-20(27)7-4-16-3-6-19(30-16)13-9-14(22)11-15(23)10-13/h2-11H,1H3,(H2,24,25,27,31)/b7-4+. The molecule has 7 nitrogen and oxygen atoms in total. The quantitative estimate of drug-likeness (QED) is 0.203. The lowest BCUT2D eigenvalue weighted by Crippen LogP contribution is -2.33. The van der Waals surface area contributed by atoms with Gasteiger partial charge in [0.2, 0.25) is 5.91 Å². The molecule has 1 amide bonds. The van der Waals surface area contributed by atoms with Gasteiger partial charge in [-0.1, -0.05) is 29.3 Å². The summed E-state index contributed by atoms with van der Waals surface area (Å²) in [6, 6.07) is 13.1. The molecule has 31 heavy (non-hydrogen) atoms. The molecule has 158 valence electrons. The van der Waals surface area contributed by atoms with E-state index in [0.29, 0.717) is 27.1 Å². The number of aryl methyl sites for hydroxylation is 1. The number of carbonyl (C=O) groups is 1. The van der Waals surface area contributed by atoms with Crippen molar-refractivity contribution in [1.29, 1.82) is 0 Å². The van der Waals surface area contributed by atoms with Gasteiger partial charge < -0.3 is 9.73 Å². The van der Waals surface area contributed by atoms with Crippen molar-refractivity contribution < 1.29 is 14.1 Å². The van der Waals surface area contributed by atoms with E-state index in [9.17, 15) is 14.9 Å². The molecule has 2 aromatic carbocycles. The molecule has 0 radical (unpaired) electrons. The highest BCUT2D eigenvalue weighted by molar-refractivity contribution is 7.80. The van der Waals surface area contributed by atoms with E-state index >= 15 is 0 Å². The summed E-state index contributed by atoms with van der Waals surface area (Å²) in [5, 5.41) is 17.1. The molecule has 1 aromatic heterocycles. The van der Waals surface area contributed by atoms with E-state index in [1.54, 1.807) is 43.3 Å². The molecule has 1 heterocycles. The fourth-order valence-electron chi connectivity index (χ4n) is 2.66. The van der Waals surface area contributed by atoms with Crippen LogP contribution in [0.25, 0.3) is 17.4 Å². The van der Waals surface area contributed by atoms with Crippen LogP contribution in [0.3, 0.4) is 0 Å². The first-order valence-electron chi connectivity index (χ1n) is 8.82. The largest absolute Gasteiger partial charge is 0.457 e. The van der Waals surface area contributed by atoms with Crippen LogP contribution in [0.5, 0.6) is 0 Å². The van der Waals surface area contributed by atoms with Gasteiger partial charge in [-0.25, -0.2) is 0 Å². The van der Waals surface area contributed by atoms with Crippen LogP contribution in [-0.2, 0) is 4.79 Å². The van der Waals surface area contributed by atoms with Gasteiger partial charge in [-0.15, -0.1) is 0 Å². The third-order valence-corrected chi connectivity index (χ3v) is 4.65. The van der Waals surface area contributed by atoms with E-state index in [1.165, 1.54) is 24.3 Å². The second kappa shape index (κ2) is 9.74. The van der Waals surface area contributed by atoms with Crippen LogP contribution < -0.4 is 10.6 Å². The summed E-state index contributed by atoms with van der Waals surface area (Å²) >= 11 is 17.1. The van der Waals surface area contributed by atoms with E-state index in [1.807, 2.05) is 0 Å². The number of rotatable bonds is 5. The molecule has 0 saturated carbocycles. The fourth-order valence-corrected chi connectivity index (χ4v) is 3.39. The highest BCUT2D eigenvalue weighted by Gasteiger charge is 2.15. The van der Waals surface area contributed by atoms with E-state index < -0.39 is 10.8 Å². The number of thiocarbonyl (C=S) groups is 1. The SMILES string of the molecule is Cc1ccc(NC(=S)NC(=O)/C=C/c2ccc(-c3cc(Cl)cc(Cl)c3)o2)c([N+](=O)[O-])c1. The van der Waals surface area contributed by atoms with Crippen LogP contribution in [0, 0.1) is 17.0 Å². The molecule has 0 atom stereocenters. The number of nitrogens with one attached hydrogen (secondary N) is 2. The second-order valence-corrected chi connectivity index (χ2v) is 7.70. The molecule has 3 aromatic rings. The summed E-state index contributed by atoms with van der Waals surface area (Å²) in [7, 11) is 0.